The molecule has 2 aliphatic carbocycles. The van der Waals surface area contributed by atoms with Crippen LogP contribution in [0.4, 0.5) is 17.1 Å². The van der Waals surface area contributed by atoms with Crippen LogP contribution in [0, 0.1) is 6.92 Å². The Bertz CT molecular complexity index is 1490. The number of nitrogens with two attached hydrogens (primary N) is 2. The Morgan fingerprint density at radius 3 is 2.45 bits per heavy atom. The predicted molar refractivity (Wildman–Crippen MR) is 164 cm³/mol. The quantitative estimate of drug-likeness (QED) is 0.147. The Hall–Kier alpha value is -3.63. The van der Waals surface area contributed by atoms with E-state index in [1.807, 2.05) is 36.9 Å². The first-order chi connectivity index (χ1) is 19.0. The number of amides is 1. The number of rotatable bonds is 10. The number of hydrogen-bond donors (Lipinski definition) is 4. The van der Waals surface area contributed by atoms with Gasteiger partial charge in [-0.2, -0.15) is 0 Å². The number of hydrazine groups is 1. The maximum atomic E-state index is 13.5. The van der Waals surface area contributed by atoms with Gasteiger partial charge >= 0.3 is 0 Å². The molecule has 1 aromatic heterocycles. The first-order valence-corrected chi connectivity index (χ1v) is 14.7. The lowest BCUT2D eigenvalue weighted by Crippen LogP contribution is -2.27. The van der Waals surface area contributed by atoms with Gasteiger partial charge in [-0.15, -0.1) is 0 Å². The SMILES string of the molecule is COc1c(NSC)cc(C2(C)CC2)cc1NC(=O)c1ccc(C)c(N(N)/C=C(\N)c2cnc(C3(C)CC3)n2C)c1. The number of imidazole rings is 1. The van der Waals surface area contributed by atoms with E-state index in [9.17, 15) is 4.79 Å². The summed E-state index contributed by atoms with van der Waals surface area (Å²) in [6.45, 7) is 6.40. The molecule has 6 N–H and O–H groups in total. The highest BCUT2D eigenvalue weighted by atomic mass is 32.2. The molecule has 0 aliphatic heterocycles. The summed E-state index contributed by atoms with van der Waals surface area (Å²) in [7, 11) is 3.59. The van der Waals surface area contributed by atoms with Gasteiger partial charge < -0.3 is 25.1 Å². The smallest absolute Gasteiger partial charge is 0.255 e. The molecule has 0 unspecified atom stereocenters. The number of hydrogen-bond acceptors (Lipinski definition) is 8. The van der Waals surface area contributed by atoms with Crippen LogP contribution in [0.3, 0.4) is 0 Å². The zero-order valence-electron chi connectivity index (χ0n) is 24.1. The van der Waals surface area contributed by atoms with E-state index in [2.05, 4.69) is 34.9 Å². The number of anilines is 3. The fraction of sp³-hybridized carbons (Fsp3) is 0.400. The lowest BCUT2D eigenvalue weighted by Gasteiger charge is -2.21. The van der Waals surface area contributed by atoms with Crippen molar-refractivity contribution < 1.29 is 9.53 Å². The summed E-state index contributed by atoms with van der Waals surface area (Å²) in [5.74, 6) is 7.84. The molecule has 2 aliphatic rings. The van der Waals surface area contributed by atoms with E-state index >= 15 is 0 Å². The molecule has 212 valence electrons. The van der Waals surface area contributed by atoms with Crippen molar-refractivity contribution in [3.8, 4) is 5.75 Å². The number of nitrogens with one attached hydrogen (secondary N) is 2. The summed E-state index contributed by atoms with van der Waals surface area (Å²) < 4.78 is 11.0. The molecule has 5 rings (SSSR count). The average molecular weight is 562 g/mol. The normalized spacial score (nSPS) is 16.8. The van der Waals surface area contributed by atoms with Crippen LogP contribution >= 0.6 is 11.9 Å². The third-order valence-corrected chi connectivity index (χ3v) is 8.73. The number of aromatic nitrogens is 2. The second kappa shape index (κ2) is 10.4. The van der Waals surface area contributed by atoms with Crippen LogP contribution in [0.25, 0.3) is 5.70 Å². The first kappa shape index (κ1) is 27.9. The minimum Gasteiger partial charge on any atom is -0.492 e. The summed E-state index contributed by atoms with van der Waals surface area (Å²) in [5, 5.41) is 4.54. The topological polar surface area (TPSA) is 123 Å². The molecule has 2 fully saturated rings. The molecule has 0 bridgehead atoms. The number of nitrogens with zero attached hydrogens (tertiary/aromatic N) is 3. The zero-order valence-corrected chi connectivity index (χ0v) is 24.9. The van der Waals surface area contributed by atoms with Gasteiger partial charge in [-0.3, -0.25) is 9.80 Å². The Balaban J connectivity index is 1.41. The molecule has 40 heavy (non-hydrogen) atoms. The Labute approximate surface area is 240 Å². The Morgan fingerprint density at radius 1 is 1.15 bits per heavy atom. The zero-order chi connectivity index (χ0) is 28.8. The van der Waals surface area contributed by atoms with Crippen LogP contribution in [0.5, 0.6) is 5.75 Å². The van der Waals surface area contributed by atoms with Gasteiger partial charge in [0.05, 0.1) is 41.8 Å². The summed E-state index contributed by atoms with van der Waals surface area (Å²) in [6, 6.07) is 9.57. The van der Waals surface area contributed by atoms with Crippen molar-refractivity contribution in [3.63, 3.8) is 0 Å². The van der Waals surface area contributed by atoms with Gasteiger partial charge in [0.15, 0.2) is 5.75 Å². The highest BCUT2D eigenvalue weighted by Crippen LogP contribution is 2.51. The second-order valence-corrected chi connectivity index (χ2v) is 12.1. The van der Waals surface area contributed by atoms with Crippen molar-refractivity contribution in [1.29, 1.82) is 0 Å². The molecule has 0 radical (unpaired) electrons. The van der Waals surface area contributed by atoms with E-state index < -0.39 is 0 Å². The summed E-state index contributed by atoms with van der Waals surface area (Å²) in [6.07, 6.45) is 9.91. The number of ether oxygens (including phenoxy) is 1. The third-order valence-electron chi connectivity index (χ3n) is 8.30. The number of benzene rings is 2. The molecule has 10 heteroatoms. The molecule has 3 aromatic rings. The van der Waals surface area contributed by atoms with Gasteiger partial charge in [-0.25, -0.2) is 10.8 Å². The molecule has 1 heterocycles. The summed E-state index contributed by atoms with van der Waals surface area (Å²) in [4.78, 5) is 18.1. The van der Waals surface area contributed by atoms with Crippen molar-refractivity contribution in [2.75, 3.05) is 28.4 Å². The van der Waals surface area contributed by atoms with Crippen molar-refractivity contribution in [2.24, 2.45) is 18.6 Å². The standard InChI is InChI=1S/C30H39N7O2S/c1-18-7-8-19(13-24(18)37(32)17-21(31)25-16-33-28(36(25)4)30(3)11-12-30)27(38)34-22-14-20(29(2)9-10-29)15-23(35-40-6)26(22)39-5/h7-8,13-17,35H,9-12,31-32H2,1-6H3,(H,34,38)/b21-17-. The molecular weight excluding hydrogens is 522 g/mol. The molecular formula is C30H39N7O2S. The Morgan fingerprint density at radius 2 is 1.82 bits per heavy atom. The van der Waals surface area contributed by atoms with E-state index in [1.165, 1.54) is 22.5 Å². The lowest BCUT2D eigenvalue weighted by atomic mass is 9.96. The minimum absolute atomic E-state index is 0.120. The third kappa shape index (κ3) is 5.25. The molecule has 0 atom stereocenters. The number of carbonyl (C=O) groups is 1. The van der Waals surface area contributed by atoms with E-state index in [4.69, 9.17) is 16.3 Å². The highest BCUT2D eigenvalue weighted by Gasteiger charge is 2.43. The lowest BCUT2D eigenvalue weighted by molar-refractivity contribution is 0.102. The maximum absolute atomic E-state index is 13.5. The van der Waals surface area contributed by atoms with Gasteiger partial charge in [0.1, 0.15) is 5.82 Å². The van der Waals surface area contributed by atoms with Crippen molar-refractivity contribution in [2.45, 2.75) is 57.3 Å². The summed E-state index contributed by atoms with van der Waals surface area (Å²) >= 11 is 1.48. The van der Waals surface area contributed by atoms with Crippen molar-refractivity contribution in [3.05, 3.63) is 70.9 Å². The van der Waals surface area contributed by atoms with E-state index in [0.29, 0.717) is 28.4 Å². The maximum Gasteiger partial charge on any atom is 0.255 e. The van der Waals surface area contributed by atoms with Crippen LogP contribution in [0.1, 0.15) is 72.5 Å². The Kier molecular flexibility index (Phi) is 7.26. The molecule has 2 aromatic carbocycles. The van der Waals surface area contributed by atoms with E-state index in [-0.39, 0.29) is 16.7 Å². The van der Waals surface area contributed by atoms with Crippen LogP contribution in [0.15, 0.2) is 42.7 Å². The predicted octanol–water partition coefficient (Wildman–Crippen LogP) is 5.42. The molecule has 2 saturated carbocycles. The van der Waals surface area contributed by atoms with Gasteiger partial charge in [-0.1, -0.05) is 31.9 Å². The van der Waals surface area contributed by atoms with Gasteiger partial charge in [-0.05, 0) is 73.4 Å². The number of methoxy groups -OCH3 is 1. The van der Waals surface area contributed by atoms with Crippen molar-refractivity contribution in [1.82, 2.24) is 9.55 Å². The van der Waals surface area contributed by atoms with Gasteiger partial charge in [0.25, 0.3) is 5.91 Å². The van der Waals surface area contributed by atoms with E-state index in [1.54, 1.807) is 31.6 Å². The number of aryl methyl sites for hydroxylation is 1. The monoisotopic (exact) mass is 561 g/mol. The van der Waals surface area contributed by atoms with Crippen LogP contribution in [-0.2, 0) is 17.9 Å². The van der Waals surface area contributed by atoms with Gasteiger partial charge in [0.2, 0.25) is 0 Å². The molecule has 0 spiro atoms. The average Bonchev–Trinajstić information content (AvgIpc) is 3.82. The fourth-order valence-corrected chi connectivity index (χ4v) is 5.48. The second-order valence-electron chi connectivity index (χ2n) is 11.5. The minimum atomic E-state index is -0.257. The summed E-state index contributed by atoms with van der Waals surface area (Å²) in [5.41, 5.74) is 12.7. The van der Waals surface area contributed by atoms with Crippen molar-refractivity contribution >= 4 is 40.6 Å². The van der Waals surface area contributed by atoms with Crippen LogP contribution in [-0.4, -0.2) is 28.8 Å². The highest BCUT2D eigenvalue weighted by molar-refractivity contribution is 7.99. The fourth-order valence-electron chi connectivity index (χ4n) is 5.11. The van der Waals surface area contributed by atoms with Gasteiger partial charge in [0, 0.05) is 30.5 Å². The number of carbonyl (C=O) groups excluding carboxylic acids is 1. The molecule has 1 amide bonds. The molecule has 0 saturated heterocycles. The van der Waals surface area contributed by atoms with E-state index in [0.717, 1.165) is 48.5 Å². The largest absolute Gasteiger partial charge is 0.492 e. The first-order valence-electron chi connectivity index (χ1n) is 13.5. The van der Waals surface area contributed by atoms with Crippen LogP contribution < -0.4 is 31.4 Å². The van der Waals surface area contributed by atoms with Crippen LogP contribution in [0.2, 0.25) is 0 Å². The molecule has 9 nitrogen and oxygen atoms in total.